The maximum absolute atomic E-state index is 4.27. The summed E-state index contributed by atoms with van der Waals surface area (Å²) >= 11 is 0. The normalized spacial score (nSPS) is 13.1. The van der Waals surface area contributed by atoms with E-state index in [2.05, 4.69) is 42.7 Å². The monoisotopic (exact) mass is 262 g/mol. The van der Waals surface area contributed by atoms with Gasteiger partial charge in [0.25, 0.3) is 5.65 Å². The van der Waals surface area contributed by atoms with E-state index in [1.54, 1.807) is 0 Å². The van der Waals surface area contributed by atoms with Crippen LogP contribution in [0.25, 0.3) is 28.1 Å². The molecule has 0 bridgehead atoms. The minimum absolute atomic E-state index is 0.912. The van der Waals surface area contributed by atoms with Gasteiger partial charge >= 0.3 is 0 Å². The Morgan fingerprint density at radius 1 is 1.20 bits per heavy atom. The van der Waals surface area contributed by atoms with Gasteiger partial charge in [-0.2, -0.15) is 0 Å². The minimum Gasteiger partial charge on any atom is -0.264 e. The molecule has 0 fully saturated rings. The van der Waals surface area contributed by atoms with Gasteiger partial charge in [0, 0.05) is 24.0 Å². The van der Waals surface area contributed by atoms with Gasteiger partial charge in [0.05, 0.1) is 37.7 Å². The molecule has 5 heteroatoms. The van der Waals surface area contributed by atoms with Gasteiger partial charge in [-0.15, -0.1) is 0 Å². The summed E-state index contributed by atoms with van der Waals surface area (Å²) in [6.07, 6.45) is 9.56. The van der Waals surface area contributed by atoms with E-state index in [9.17, 15) is 0 Å². The van der Waals surface area contributed by atoms with E-state index in [0.29, 0.717) is 0 Å². The van der Waals surface area contributed by atoms with Crippen LogP contribution >= 0.6 is 0 Å². The quantitative estimate of drug-likeness (QED) is 0.397. The molecule has 1 aliphatic rings. The first-order valence-corrected chi connectivity index (χ1v) is 6.61. The number of pyridine rings is 1. The second-order valence-corrected chi connectivity index (χ2v) is 5.23. The lowest BCUT2D eigenvalue weighted by Gasteiger charge is -1.96. The van der Waals surface area contributed by atoms with Gasteiger partial charge in [-0.3, -0.25) is 9.97 Å². The van der Waals surface area contributed by atoms with Crippen LogP contribution in [-0.4, -0.2) is 18.9 Å². The predicted molar refractivity (Wildman–Crippen MR) is 74.2 cm³/mol. The van der Waals surface area contributed by atoms with E-state index in [-0.39, 0.29) is 0 Å². The standard InChI is InChI=1S/C15H12N5/c1-18-14-12-8-16-3-2-10(12)9-20(14)13-6-11-7-17-4-5-19(11)15(13)18/h2-8H,9H2,1H3/q+1. The summed E-state index contributed by atoms with van der Waals surface area (Å²) in [6, 6.07) is 4.30. The van der Waals surface area contributed by atoms with Gasteiger partial charge in [0.2, 0.25) is 5.82 Å². The van der Waals surface area contributed by atoms with E-state index in [1.165, 1.54) is 28.1 Å². The second kappa shape index (κ2) is 3.25. The summed E-state index contributed by atoms with van der Waals surface area (Å²) in [5.74, 6) is 1.23. The van der Waals surface area contributed by atoms with Gasteiger partial charge in [0.15, 0.2) is 5.52 Å². The van der Waals surface area contributed by atoms with Gasteiger partial charge in [-0.05, 0) is 6.07 Å². The number of aromatic nitrogens is 5. The van der Waals surface area contributed by atoms with E-state index in [0.717, 1.165) is 12.1 Å². The van der Waals surface area contributed by atoms with Crippen molar-refractivity contribution in [1.82, 2.24) is 18.9 Å². The molecular formula is C15H12N5+. The lowest BCUT2D eigenvalue weighted by Crippen LogP contribution is -2.30. The third kappa shape index (κ3) is 1.02. The van der Waals surface area contributed by atoms with E-state index in [1.807, 2.05) is 31.0 Å². The summed E-state index contributed by atoms with van der Waals surface area (Å²) in [6.45, 7) is 0.912. The topological polar surface area (TPSA) is 39.0 Å². The highest BCUT2D eigenvalue weighted by Crippen LogP contribution is 2.33. The molecule has 20 heavy (non-hydrogen) atoms. The summed E-state index contributed by atoms with van der Waals surface area (Å²) < 4.78 is 6.79. The molecule has 4 aromatic heterocycles. The van der Waals surface area contributed by atoms with Gasteiger partial charge < -0.3 is 0 Å². The van der Waals surface area contributed by atoms with Crippen LogP contribution in [0.3, 0.4) is 0 Å². The van der Waals surface area contributed by atoms with E-state index < -0.39 is 0 Å². The fourth-order valence-corrected chi connectivity index (χ4v) is 3.35. The molecule has 0 unspecified atom stereocenters. The zero-order chi connectivity index (χ0) is 13.3. The van der Waals surface area contributed by atoms with Crippen molar-refractivity contribution in [3.05, 3.63) is 48.7 Å². The Morgan fingerprint density at radius 3 is 3.05 bits per heavy atom. The molecule has 0 spiro atoms. The molecule has 5 heterocycles. The Labute approximate surface area is 114 Å². The zero-order valence-electron chi connectivity index (χ0n) is 11.0. The number of hydrogen-bond acceptors (Lipinski definition) is 2. The highest BCUT2D eigenvalue weighted by molar-refractivity contribution is 5.83. The van der Waals surface area contributed by atoms with E-state index in [4.69, 9.17) is 0 Å². The molecule has 5 nitrogen and oxygen atoms in total. The van der Waals surface area contributed by atoms with Crippen molar-refractivity contribution >= 4 is 16.7 Å². The molecule has 96 valence electrons. The molecule has 0 atom stereocenters. The summed E-state index contributed by atoms with van der Waals surface area (Å²) in [4.78, 5) is 8.47. The van der Waals surface area contributed by atoms with Crippen molar-refractivity contribution in [2.24, 2.45) is 7.05 Å². The maximum atomic E-state index is 4.27. The molecule has 0 radical (unpaired) electrons. The Kier molecular flexibility index (Phi) is 1.65. The van der Waals surface area contributed by atoms with Crippen LogP contribution in [0.15, 0.2) is 43.1 Å². The van der Waals surface area contributed by atoms with Gasteiger partial charge in [-0.1, -0.05) is 0 Å². The largest absolute Gasteiger partial charge is 0.273 e. The summed E-state index contributed by atoms with van der Waals surface area (Å²) in [5, 5.41) is 0. The maximum Gasteiger partial charge on any atom is 0.273 e. The summed E-state index contributed by atoms with van der Waals surface area (Å²) in [7, 11) is 2.11. The van der Waals surface area contributed by atoms with Crippen LogP contribution in [0.5, 0.6) is 0 Å². The first-order chi connectivity index (χ1) is 9.84. The molecule has 0 saturated heterocycles. The molecule has 0 aromatic carbocycles. The van der Waals surface area contributed by atoms with Crippen LogP contribution in [0.1, 0.15) is 5.56 Å². The molecule has 1 aliphatic heterocycles. The van der Waals surface area contributed by atoms with Crippen molar-refractivity contribution in [3.8, 4) is 11.4 Å². The van der Waals surface area contributed by atoms with Crippen LogP contribution in [-0.2, 0) is 13.6 Å². The van der Waals surface area contributed by atoms with Crippen molar-refractivity contribution in [1.29, 1.82) is 0 Å². The van der Waals surface area contributed by atoms with Crippen molar-refractivity contribution < 1.29 is 4.57 Å². The van der Waals surface area contributed by atoms with Gasteiger partial charge in [0.1, 0.15) is 5.52 Å². The molecule has 5 rings (SSSR count). The number of nitrogens with zero attached hydrogens (tertiary/aromatic N) is 5. The van der Waals surface area contributed by atoms with Crippen LogP contribution in [0, 0.1) is 0 Å². The fraction of sp³-hybridized carbons (Fsp3) is 0.133. The van der Waals surface area contributed by atoms with Crippen LogP contribution in [0.4, 0.5) is 0 Å². The predicted octanol–water partition coefficient (Wildman–Crippen LogP) is 1.54. The van der Waals surface area contributed by atoms with Gasteiger partial charge in [-0.25, -0.2) is 13.5 Å². The number of fused-ring (bicyclic) bond motifs is 7. The molecule has 0 saturated carbocycles. The first kappa shape index (κ1) is 10.1. The Morgan fingerprint density at radius 2 is 2.10 bits per heavy atom. The third-order valence-corrected chi connectivity index (χ3v) is 4.19. The lowest BCUT2D eigenvalue weighted by molar-refractivity contribution is -0.636. The van der Waals surface area contributed by atoms with Crippen molar-refractivity contribution in [2.45, 2.75) is 6.54 Å². The molecule has 0 amide bonds. The fourth-order valence-electron chi connectivity index (χ4n) is 3.35. The molecule has 4 aromatic rings. The van der Waals surface area contributed by atoms with Crippen molar-refractivity contribution in [2.75, 3.05) is 0 Å². The zero-order valence-corrected chi connectivity index (χ0v) is 11.0. The minimum atomic E-state index is 0.912. The lowest BCUT2D eigenvalue weighted by atomic mass is 10.2. The Hall–Kier alpha value is -2.69. The van der Waals surface area contributed by atoms with Crippen LogP contribution < -0.4 is 4.57 Å². The average Bonchev–Trinajstić information content (AvgIpc) is 3.10. The Bertz CT molecular complexity index is 992. The first-order valence-electron chi connectivity index (χ1n) is 6.61. The average molecular weight is 262 g/mol. The van der Waals surface area contributed by atoms with Crippen LogP contribution in [0.2, 0.25) is 0 Å². The second-order valence-electron chi connectivity index (χ2n) is 5.23. The highest BCUT2D eigenvalue weighted by atomic mass is 15.2. The number of hydrogen-bond donors (Lipinski definition) is 0. The molecule has 0 aliphatic carbocycles. The number of rotatable bonds is 0. The third-order valence-electron chi connectivity index (χ3n) is 4.19. The number of aryl methyl sites for hydroxylation is 1. The number of imidazole rings is 1. The SMILES string of the molecule is C[n+]1c2n(c3cc4cnccn4c31)Cc1ccncc1-2. The van der Waals surface area contributed by atoms with E-state index >= 15 is 0 Å². The molecular weight excluding hydrogens is 250 g/mol. The smallest absolute Gasteiger partial charge is 0.264 e. The Balaban J connectivity index is 1.98. The summed E-state index contributed by atoms with van der Waals surface area (Å²) in [5.41, 5.74) is 6.13. The molecule has 0 N–H and O–H groups in total. The van der Waals surface area contributed by atoms with Crippen molar-refractivity contribution in [3.63, 3.8) is 0 Å². The highest BCUT2D eigenvalue weighted by Gasteiger charge is 2.32.